The number of hydrogen-bond donors (Lipinski definition) is 3. The highest BCUT2D eigenvalue weighted by atomic mass is 19.4. The smallest absolute Gasteiger partial charge is 0.416 e. The van der Waals surface area contributed by atoms with Gasteiger partial charge < -0.3 is 36.3 Å². The van der Waals surface area contributed by atoms with Crippen molar-refractivity contribution in [3.8, 4) is 22.9 Å². The van der Waals surface area contributed by atoms with Crippen LogP contribution in [0, 0.1) is 0 Å². The zero-order valence-corrected chi connectivity index (χ0v) is 27.6. The Morgan fingerprint density at radius 1 is 0.843 bits per heavy atom. The number of halogens is 3. The molecule has 0 spiro atoms. The van der Waals surface area contributed by atoms with Gasteiger partial charge in [-0.05, 0) is 79.6 Å². The molecule has 4 aromatic carbocycles. The summed E-state index contributed by atoms with van der Waals surface area (Å²) in [6.07, 6.45) is -3.61. The number of para-hydroxylation sites is 1. The van der Waals surface area contributed by atoms with Crippen molar-refractivity contribution in [2.75, 3.05) is 37.6 Å². The van der Waals surface area contributed by atoms with Crippen molar-refractivity contribution in [1.82, 2.24) is 14.5 Å². The maximum absolute atomic E-state index is 13.7. The van der Waals surface area contributed by atoms with Gasteiger partial charge in [-0.25, -0.2) is 4.98 Å². The molecule has 0 radical (unpaired) electrons. The molecule has 1 aromatic heterocycles. The number of nitrogens with zero attached hydrogens (tertiary/aromatic N) is 5. The summed E-state index contributed by atoms with van der Waals surface area (Å²) in [6, 6.07) is 26.0. The molecule has 14 heteroatoms. The fraction of sp³-hybridized carbons (Fsp3) is 0.243. The van der Waals surface area contributed by atoms with Gasteiger partial charge in [0.1, 0.15) is 23.4 Å². The summed E-state index contributed by atoms with van der Waals surface area (Å²) in [7, 11) is 0. The number of fused-ring (bicyclic) bond motifs is 1. The van der Waals surface area contributed by atoms with Gasteiger partial charge in [-0.1, -0.05) is 30.3 Å². The molecule has 11 nitrogen and oxygen atoms in total. The van der Waals surface area contributed by atoms with Gasteiger partial charge in [-0.3, -0.25) is 14.6 Å². The summed E-state index contributed by atoms with van der Waals surface area (Å²) in [6.45, 7) is 1.98. The molecular formula is C37H37F3N8O3. The second-order valence-corrected chi connectivity index (χ2v) is 12.1. The molecule has 1 unspecified atom stereocenters. The van der Waals surface area contributed by atoms with Crippen molar-refractivity contribution in [3.63, 3.8) is 0 Å². The maximum Gasteiger partial charge on any atom is 0.416 e. The number of benzene rings is 4. The van der Waals surface area contributed by atoms with Gasteiger partial charge in [0, 0.05) is 49.5 Å². The van der Waals surface area contributed by atoms with Crippen LogP contribution in [0.3, 0.4) is 0 Å². The van der Waals surface area contributed by atoms with E-state index in [2.05, 4.69) is 4.99 Å². The molecule has 2 amide bonds. The lowest BCUT2D eigenvalue weighted by molar-refractivity contribution is -0.137. The summed E-state index contributed by atoms with van der Waals surface area (Å²) in [5.74, 6) is 0.856. The Balaban J connectivity index is 1.28. The van der Waals surface area contributed by atoms with E-state index in [-0.39, 0.29) is 11.9 Å². The summed E-state index contributed by atoms with van der Waals surface area (Å²) < 4.78 is 46.9. The minimum absolute atomic E-state index is 0.0483. The SMILES string of the molecule is NC(=O)C(CCCN=C(N)N)n1c(-c2cccc(Oc3ccccc3)c2)nc2cc(C(=O)N3CCN(c4ccc(C(F)(F)F)cc4)CC3)ccc21. The van der Waals surface area contributed by atoms with Gasteiger partial charge in [-0.15, -0.1) is 0 Å². The maximum atomic E-state index is 13.7. The highest BCUT2D eigenvalue weighted by molar-refractivity contribution is 5.98. The number of primary amides is 1. The van der Waals surface area contributed by atoms with Gasteiger partial charge >= 0.3 is 6.18 Å². The number of ether oxygens (including phenoxy) is 1. The van der Waals surface area contributed by atoms with E-state index < -0.39 is 23.7 Å². The van der Waals surface area contributed by atoms with Crippen LogP contribution >= 0.6 is 0 Å². The lowest BCUT2D eigenvalue weighted by Gasteiger charge is -2.36. The Labute approximate surface area is 292 Å². The van der Waals surface area contributed by atoms with E-state index in [0.29, 0.717) is 90.7 Å². The van der Waals surface area contributed by atoms with Gasteiger partial charge in [0.2, 0.25) is 5.91 Å². The van der Waals surface area contributed by atoms with E-state index in [4.69, 9.17) is 26.9 Å². The number of nitrogens with two attached hydrogens (primary N) is 3. The Hall–Kier alpha value is -6.05. The second-order valence-electron chi connectivity index (χ2n) is 12.1. The van der Waals surface area contributed by atoms with Crippen molar-refractivity contribution in [2.24, 2.45) is 22.2 Å². The monoisotopic (exact) mass is 698 g/mol. The zero-order chi connectivity index (χ0) is 36.1. The largest absolute Gasteiger partial charge is 0.457 e. The third kappa shape index (κ3) is 8.06. The van der Waals surface area contributed by atoms with Crippen LogP contribution in [0.2, 0.25) is 0 Å². The van der Waals surface area contributed by atoms with E-state index in [0.717, 1.165) is 12.1 Å². The number of carbonyl (C=O) groups is 2. The summed E-state index contributed by atoms with van der Waals surface area (Å²) in [4.78, 5) is 39.3. The third-order valence-corrected chi connectivity index (χ3v) is 8.70. The van der Waals surface area contributed by atoms with E-state index in [1.54, 1.807) is 27.7 Å². The number of aromatic nitrogens is 2. The standard InChI is InChI=1S/C37H37F3N8O3/c38-37(39,40)26-12-14-27(15-13-26)46-18-20-47(21-19-46)35(50)25-11-16-31-30(23-25)45-34(48(31)32(33(41)49)10-5-17-44-36(42)43)24-6-4-9-29(22-24)51-28-7-2-1-3-8-28/h1-4,6-9,11-16,22-23,32H,5,10,17-21H2,(H2,41,49)(H4,42,43,44). The lowest BCUT2D eigenvalue weighted by atomic mass is 10.1. The molecule has 0 bridgehead atoms. The van der Waals surface area contributed by atoms with Crippen LogP contribution in [0.25, 0.3) is 22.4 Å². The number of anilines is 1. The van der Waals surface area contributed by atoms with Crippen molar-refractivity contribution in [1.29, 1.82) is 0 Å². The van der Waals surface area contributed by atoms with Crippen molar-refractivity contribution in [3.05, 3.63) is 108 Å². The highest BCUT2D eigenvalue weighted by Crippen LogP contribution is 2.34. The molecule has 1 aliphatic rings. The molecule has 2 heterocycles. The first-order chi connectivity index (χ1) is 24.5. The van der Waals surface area contributed by atoms with Crippen LogP contribution in [-0.4, -0.2) is 64.9 Å². The molecule has 1 saturated heterocycles. The van der Waals surface area contributed by atoms with Gasteiger partial charge in [0.15, 0.2) is 5.96 Å². The zero-order valence-electron chi connectivity index (χ0n) is 27.6. The van der Waals surface area contributed by atoms with Crippen LogP contribution in [0.4, 0.5) is 18.9 Å². The van der Waals surface area contributed by atoms with E-state index >= 15 is 0 Å². The van der Waals surface area contributed by atoms with E-state index in [9.17, 15) is 22.8 Å². The first-order valence-corrected chi connectivity index (χ1v) is 16.4. The van der Waals surface area contributed by atoms with Gasteiger partial charge in [-0.2, -0.15) is 13.2 Å². The summed E-state index contributed by atoms with van der Waals surface area (Å²) in [5.41, 5.74) is 19.1. The first-order valence-electron chi connectivity index (χ1n) is 16.4. The fourth-order valence-corrected chi connectivity index (χ4v) is 6.18. The van der Waals surface area contributed by atoms with Crippen LogP contribution in [0.15, 0.2) is 102 Å². The molecule has 0 aliphatic carbocycles. The lowest BCUT2D eigenvalue weighted by Crippen LogP contribution is -2.48. The molecule has 6 N–H and O–H groups in total. The van der Waals surface area contributed by atoms with Crippen LogP contribution in [0.5, 0.6) is 11.5 Å². The van der Waals surface area contributed by atoms with Crippen LogP contribution in [-0.2, 0) is 11.0 Å². The van der Waals surface area contributed by atoms with Gasteiger partial charge in [0.05, 0.1) is 16.6 Å². The Kier molecular flexibility index (Phi) is 10.1. The fourth-order valence-electron chi connectivity index (χ4n) is 6.18. The minimum Gasteiger partial charge on any atom is -0.457 e. The number of piperazine rings is 1. The molecule has 1 aliphatic heterocycles. The average molecular weight is 699 g/mol. The molecule has 1 atom stereocenters. The minimum atomic E-state index is -4.41. The molecule has 5 aromatic rings. The molecule has 0 saturated carbocycles. The van der Waals surface area contributed by atoms with E-state index in [1.807, 2.05) is 59.5 Å². The van der Waals surface area contributed by atoms with Crippen molar-refractivity contribution in [2.45, 2.75) is 25.1 Å². The normalized spacial score (nSPS) is 13.9. The number of carbonyl (C=O) groups excluding carboxylic acids is 2. The number of alkyl halides is 3. The molecule has 264 valence electrons. The predicted molar refractivity (Wildman–Crippen MR) is 189 cm³/mol. The Bertz CT molecular complexity index is 2040. The van der Waals surface area contributed by atoms with Gasteiger partial charge in [0.25, 0.3) is 5.91 Å². The van der Waals surface area contributed by atoms with Crippen LogP contribution < -0.4 is 26.8 Å². The quantitative estimate of drug-likeness (QED) is 0.0926. The molecule has 1 fully saturated rings. The predicted octanol–water partition coefficient (Wildman–Crippen LogP) is 5.56. The second kappa shape index (κ2) is 14.8. The molecule has 6 rings (SSSR count). The number of aliphatic imine (C=N–C) groups is 1. The molecular weight excluding hydrogens is 661 g/mol. The number of hydrogen-bond acceptors (Lipinski definition) is 6. The highest BCUT2D eigenvalue weighted by Gasteiger charge is 2.31. The summed E-state index contributed by atoms with van der Waals surface area (Å²) >= 11 is 0. The number of guanidine groups is 1. The average Bonchev–Trinajstić information content (AvgIpc) is 3.50. The summed E-state index contributed by atoms with van der Waals surface area (Å²) in [5, 5.41) is 0. The molecule has 51 heavy (non-hydrogen) atoms. The third-order valence-electron chi connectivity index (χ3n) is 8.70. The number of amides is 2. The van der Waals surface area contributed by atoms with Crippen molar-refractivity contribution < 1.29 is 27.5 Å². The number of imidazole rings is 1. The Morgan fingerprint density at radius 2 is 1.55 bits per heavy atom. The van der Waals surface area contributed by atoms with E-state index in [1.165, 1.54) is 12.1 Å². The Morgan fingerprint density at radius 3 is 2.22 bits per heavy atom. The first kappa shape index (κ1) is 34.8. The van der Waals surface area contributed by atoms with Crippen LogP contribution in [0.1, 0.15) is 34.8 Å². The van der Waals surface area contributed by atoms with Crippen molar-refractivity contribution >= 4 is 34.5 Å². The number of rotatable bonds is 11. The topological polar surface area (TPSA) is 158 Å².